The van der Waals surface area contributed by atoms with Crippen LogP contribution in [-0.2, 0) is 6.54 Å². The van der Waals surface area contributed by atoms with Crippen LogP contribution in [0.4, 0.5) is 0 Å². The van der Waals surface area contributed by atoms with Crippen molar-refractivity contribution in [3.63, 3.8) is 0 Å². The molecule has 0 spiro atoms. The monoisotopic (exact) mass is 251 g/mol. The molecule has 0 radical (unpaired) electrons. The lowest BCUT2D eigenvalue weighted by molar-refractivity contribution is 0.273. The number of nitrogens with zero attached hydrogens (tertiary/aromatic N) is 2. The molecule has 0 aliphatic heterocycles. The lowest BCUT2D eigenvalue weighted by Crippen LogP contribution is -2.13. The quantitative estimate of drug-likeness (QED) is 0.843. The van der Waals surface area contributed by atoms with Gasteiger partial charge in [0.25, 0.3) is 0 Å². The van der Waals surface area contributed by atoms with Crippen LogP contribution in [0.3, 0.4) is 0 Å². The van der Waals surface area contributed by atoms with Gasteiger partial charge in [0, 0.05) is 5.92 Å². The molecular formula is C14H25N3O. The van der Waals surface area contributed by atoms with Crippen molar-refractivity contribution in [2.24, 2.45) is 5.92 Å². The van der Waals surface area contributed by atoms with Crippen LogP contribution in [0.25, 0.3) is 0 Å². The summed E-state index contributed by atoms with van der Waals surface area (Å²) in [5.74, 6) is 3.00. The molecule has 1 N–H and O–H groups in total. The second kappa shape index (κ2) is 6.88. The van der Waals surface area contributed by atoms with Crippen molar-refractivity contribution >= 4 is 0 Å². The standard InChI is InChI=1S/C14H25N3O/c1-3-4-5-11-6-8-12(9-7-11)14-17-16-13(18-14)10-15-2/h11-12,15H,3-10H2,1-2H3. The highest BCUT2D eigenvalue weighted by Gasteiger charge is 2.25. The van der Waals surface area contributed by atoms with E-state index in [1.54, 1.807) is 0 Å². The van der Waals surface area contributed by atoms with Crippen molar-refractivity contribution in [3.8, 4) is 0 Å². The maximum absolute atomic E-state index is 5.70. The van der Waals surface area contributed by atoms with E-state index in [4.69, 9.17) is 4.42 Å². The summed E-state index contributed by atoms with van der Waals surface area (Å²) in [6, 6.07) is 0. The summed E-state index contributed by atoms with van der Waals surface area (Å²) in [6.45, 7) is 2.94. The van der Waals surface area contributed by atoms with Gasteiger partial charge in [0.2, 0.25) is 11.8 Å². The molecule has 1 aliphatic rings. The zero-order valence-corrected chi connectivity index (χ0v) is 11.6. The Morgan fingerprint density at radius 1 is 1.22 bits per heavy atom. The molecule has 0 amide bonds. The first kappa shape index (κ1) is 13.5. The van der Waals surface area contributed by atoms with Gasteiger partial charge in [0.1, 0.15) is 0 Å². The SMILES string of the molecule is CCCCC1CCC(c2nnc(CNC)o2)CC1. The van der Waals surface area contributed by atoms with E-state index >= 15 is 0 Å². The Balaban J connectivity index is 1.81. The van der Waals surface area contributed by atoms with Crippen molar-refractivity contribution in [3.05, 3.63) is 11.8 Å². The Morgan fingerprint density at radius 3 is 2.67 bits per heavy atom. The third kappa shape index (κ3) is 3.55. The molecule has 0 atom stereocenters. The largest absolute Gasteiger partial charge is 0.424 e. The van der Waals surface area contributed by atoms with Crippen molar-refractivity contribution in [2.75, 3.05) is 7.05 Å². The van der Waals surface area contributed by atoms with Gasteiger partial charge in [-0.15, -0.1) is 10.2 Å². The third-order valence-corrected chi connectivity index (χ3v) is 3.97. The third-order valence-electron chi connectivity index (χ3n) is 3.97. The van der Waals surface area contributed by atoms with Gasteiger partial charge >= 0.3 is 0 Å². The molecule has 18 heavy (non-hydrogen) atoms. The fourth-order valence-electron chi connectivity index (χ4n) is 2.85. The molecule has 0 bridgehead atoms. The molecule has 1 aromatic rings. The lowest BCUT2D eigenvalue weighted by atomic mass is 9.80. The summed E-state index contributed by atoms with van der Waals surface area (Å²) in [6.07, 6.45) is 9.19. The van der Waals surface area contributed by atoms with Crippen LogP contribution in [0.1, 0.15) is 69.6 Å². The molecule has 2 rings (SSSR count). The van der Waals surface area contributed by atoms with Gasteiger partial charge in [-0.3, -0.25) is 0 Å². The number of unbranched alkanes of at least 4 members (excludes halogenated alkanes) is 1. The first-order chi connectivity index (χ1) is 8.83. The van der Waals surface area contributed by atoms with Gasteiger partial charge in [-0.05, 0) is 38.6 Å². The maximum Gasteiger partial charge on any atom is 0.230 e. The Bertz CT molecular complexity index is 343. The van der Waals surface area contributed by atoms with E-state index in [0.29, 0.717) is 18.4 Å². The minimum atomic E-state index is 0.501. The average Bonchev–Trinajstić information content (AvgIpc) is 2.86. The van der Waals surface area contributed by atoms with Crippen LogP contribution in [0, 0.1) is 5.92 Å². The van der Waals surface area contributed by atoms with Crippen LogP contribution < -0.4 is 5.32 Å². The highest BCUT2D eigenvalue weighted by atomic mass is 16.4. The summed E-state index contributed by atoms with van der Waals surface area (Å²) < 4.78 is 5.70. The molecule has 1 saturated carbocycles. The second-order valence-corrected chi connectivity index (χ2v) is 5.42. The maximum atomic E-state index is 5.70. The fourth-order valence-corrected chi connectivity index (χ4v) is 2.85. The Kier molecular flexibility index (Phi) is 5.17. The highest BCUT2D eigenvalue weighted by molar-refractivity contribution is 4.94. The second-order valence-electron chi connectivity index (χ2n) is 5.42. The van der Waals surface area contributed by atoms with E-state index in [1.165, 1.54) is 44.9 Å². The van der Waals surface area contributed by atoms with Crippen LogP contribution in [0.2, 0.25) is 0 Å². The Labute approximate surface area is 110 Å². The van der Waals surface area contributed by atoms with E-state index < -0.39 is 0 Å². The summed E-state index contributed by atoms with van der Waals surface area (Å²) >= 11 is 0. The van der Waals surface area contributed by atoms with Gasteiger partial charge in [-0.2, -0.15) is 0 Å². The van der Waals surface area contributed by atoms with E-state index in [9.17, 15) is 0 Å². The van der Waals surface area contributed by atoms with E-state index in [2.05, 4.69) is 22.4 Å². The van der Waals surface area contributed by atoms with Crippen LogP contribution in [0.15, 0.2) is 4.42 Å². The number of hydrogen-bond acceptors (Lipinski definition) is 4. The van der Waals surface area contributed by atoms with Crippen molar-refractivity contribution in [1.29, 1.82) is 0 Å². The van der Waals surface area contributed by atoms with E-state index in [1.807, 2.05) is 7.05 Å². The molecule has 4 heteroatoms. The Morgan fingerprint density at radius 2 is 2.00 bits per heavy atom. The fraction of sp³-hybridized carbons (Fsp3) is 0.857. The van der Waals surface area contributed by atoms with Gasteiger partial charge < -0.3 is 9.73 Å². The van der Waals surface area contributed by atoms with Gasteiger partial charge in [-0.1, -0.05) is 26.2 Å². The number of nitrogens with one attached hydrogen (secondary N) is 1. The van der Waals surface area contributed by atoms with Crippen molar-refractivity contribution in [2.45, 2.75) is 64.3 Å². The highest BCUT2D eigenvalue weighted by Crippen LogP contribution is 2.37. The zero-order valence-electron chi connectivity index (χ0n) is 11.6. The van der Waals surface area contributed by atoms with Crippen LogP contribution in [0.5, 0.6) is 0 Å². The topological polar surface area (TPSA) is 51.0 Å². The summed E-state index contributed by atoms with van der Waals surface area (Å²) in [5, 5.41) is 11.3. The lowest BCUT2D eigenvalue weighted by Gasteiger charge is -2.26. The number of aromatic nitrogens is 2. The molecule has 4 nitrogen and oxygen atoms in total. The molecule has 102 valence electrons. The van der Waals surface area contributed by atoms with Gasteiger partial charge in [0.05, 0.1) is 6.54 Å². The number of hydrogen-bond donors (Lipinski definition) is 1. The van der Waals surface area contributed by atoms with Crippen molar-refractivity contribution in [1.82, 2.24) is 15.5 Å². The minimum absolute atomic E-state index is 0.501. The molecule has 1 aliphatic carbocycles. The predicted molar refractivity (Wildman–Crippen MR) is 71.3 cm³/mol. The Hall–Kier alpha value is -0.900. The average molecular weight is 251 g/mol. The van der Waals surface area contributed by atoms with Crippen molar-refractivity contribution < 1.29 is 4.42 Å². The summed E-state index contributed by atoms with van der Waals surface area (Å²) in [7, 11) is 1.89. The van der Waals surface area contributed by atoms with Crippen LogP contribution >= 0.6 is 0 Å². The molecule has 0 saturated heterocycles. The molecule has 1 aromatic heterocycles. The predicted octanol–water partition coefficient (Wildman–Crippen LogP) is 3.25. The molecule has 1 heterocycles. The van der Waals surface area contributed by atoms with E-state index in [0.717, 1.165) is 11.8 Å². The van der Waals surface area contributed by atoms with Gasteiger partial charge in [0.15, 0.2) is 0 Å². The molecular weight excluding hydrogens is 226 g/mol. The summed E-state index contributed by atoms with van der Waals surface area (Å²) in [4.78, 5) is 0. The number of rotatable bonds is 6. The summed E-state index contributed by atoms with van der Waals surface area (Å²) in [5.41, 5.74) is 0. The minimum Gasteiger partial charge on any atom is -0.424 e. The van der Waals surface area contributed by atoms with E-state index in [-0.39, 0.29) is 0 Å². The van der Waals surface area contributed by atoms with Gasteiger partial charge in [-0.25, -0.2) is 0 Å². The normalized spacial score (nSPS) is 24.3. The molecule has 1 fully saturated rings. The smallest absolute Gasteiger partial charge is 0.230 e. The zero-order chi connectivity index (χ0) is 12.8. The first-order valence-corrected chi connectivity index (χ1v) is 7.30. The molecule has 0 aromatic carbocycles. The molecule has 0 unspecified atom stereocenters. The first-order valence-electron chi connectivity index (χ1n) is 7.30. The van der Waals surface area contributed by atoms with Crippen LogP contribution in [-0.4, -0.2) is 17.2 Å².